The Kier molecular flexibility index (Phi) is 5.71. The molecule has 0 saturated carbocycles. The minimum Gasteiger partial charge on any atom is -0.380 e. The van der Waals surface area contributed by atoms with E-state index in [1.165, 1.54) is 11.8 Å². The summed E-state index contributed by atoms with van der Waals surface area (Å²) < 4.78 is 21.5. The van der Waals surface area contributed by atoms with Crippen molar-refractivity contribution in [1.29, 1.82) is 0 Å². The molecule has 6 rings (SSSR count). The van der Waals surface area contributed by atoms with E-state index in [1.807, 2.05) is 6.07 Å². The molecule has 1 aromatic carbocycles. The van der Waals surface area contributed by atoms with E-state index in [9.17, 15) is 4.39 Å². The highest BCUT2D eigenvalue weighted by atomic mass is 35.5. The van der Waals surface area contributed by atoms with Gasteiger partial charge in [-0.25, -0.2) is 14.4 Å². The van der Waals surface area contributed by atoms with Gasteiger partial charge < -0.3 is 9.64 Å². The number of hydrogen-bond donors (Lipinski definition) is 0. The van der Waals surface area contributed by atoms with Crippen LogP contribution in [0.1, 0.15) is 48.1 Å². The molecule has 3 aliphatic heterocycles. The molecule has 0 N–H and O–H groups in total. The summed E-state index contributed by atoms with van der Waals surface area (Å²) in [5.41, 5.74) is 2.68. The quantitative estimate of drug-likeness (QED) is 0.563. The standard InChI is InChI=1S/C24H27ClFN7O/c1-15-20(26)11-27-24(28-15)31-7-4-16(5-8-31)23-30-29-22-13-32(19-6-9-34-14-19)12-17-10-18(25)2-3-21(17)33(22)23/h2-3,10-11,16,19H,4-9,12-14H2,1H3. The zero-order chi connectivity index (χ0) is 23.2. The zero-order valence-electron chi connectivity index (χ0n) is 19.1. The van der Waals surface area contributed by atoms with Crippen LogP contribution >= 0.6 is 11.6 Å². The number of anilines is 1. The molecular weight excluding hydrogens is 457 g/mol. The molecular formula is C24H27ClFN7O. The van der Waals surface area contributed by atoms with Gasteiger partial charge in [-0.05, 0) is 49.9 Å². The maximum atomic E-state index is 13.6. The maximum absolute atomic E-state index is 13.6. The van der Waals surface area contributed by atoms with Crippen LogP contribution < -0.4 is 4.90 Å². The average Bonchev–Trinajstić information content (AvgIpc) is 3.49. The molecule has 0 aliphatic carbocycles. The van der Waals surface area contributed by atoms with Gasteiger partial charge in [-0.15, -0.1) is 10.2 Å². The number of hydrogen-bond acceptors (Lipinski definition) is 7. The van der Waals surface area contributed by atoms with Gasteiger partial charge in [-0.3, -0.25) is 9.47 Å². The van der Waals surface area contributed by atoms with Gasteiger partial charge in [0.05, 0.1) is 30.7 Å². The Hall–Kier alpha value is -2.62. The summed E-state index contributed by atoms with van der Waals surface area (Å²) in [6.07, 6.45) is 4.09. The highest BCUT2D eigenvalue weighted by Gasteiger charge is 2.33. The van der Waals surface area contributed by atoms with Gasteiger partial charge in [-0.1, -0.05) is 11.6 Å². The summed E-state index contributed by atoms with van der Waals surface area (Å²) in [5, 5.41) is 10.1. The molecule has 0 bridgehead atoms. The fraction of sp³-hybridized carbons (Fsp3) is 0.500. The van der Waals surface area contributed by atoms with Gasteiger partial charge >= 0.3 is 0 Å². The minimum atomic E-state index is -0.373. The molecule has 2 fully saturated rings. The van der Waals surface area contributed by atoms with Crippen LogP contribution in [0.4, 0.5) is 10.3 Å². The Morgan fingerprint density at radius 2 is 1.97 bits per heavy atom. The highest BCUT2D eigenvalue weighted by Crippen LogP contribution is 2.35. The van der Waals surface area contributed by atoms with Crippen LogP contribution in [0.25, 0.3) is 5.69 Å². The number of aromatic nitrogens is 5. The Bertz CT molecular complexity index is 1200. The molecule has 3 aliphatic rings. The minimum absolute atomic E-state index is 0.268. The van der Waals surface area contributed by atoms with Crippen molar-refractivity contribution in [3.8, 4) is 5.69 Å². The Balaban J connectivity index is 1.29. The molecule has 0 radical (unpaired) electrons. The van der Waals surface area contributed by atoms with Crippen LogP contribution in [0.3, 0.4) is 0 Å². The Morgan fingerprint density at radius 3 is 2.74 bits per heavy atom. The van der Waals surface area contributed by atoms with E-state index in [2.05, 4.69) is 41.6 Å². The topological polar surface area (TPSA) is 72.2 Å². The highest BCUT2D eigenvalue weighted by molar-refractivity contribution is 6.30. The number of ether oxygens (including phenoxy) is 1. The third kappa shape index (κ3) is 3.95. The first kappa shape index (κ1) is 21.9. The van der Waals surface area contributed by atoms with E-state index < -0.39 is 0 Å². The molecule has 10 heteroatoms. The van der Waals surface area contributed by atoms with Crippen LogP contribution in [-0.4, -0.2) is 62.0 Å². The SMILES string of the molecule is Cc1nc(N2CCC(c3nnc4n3-c3ccc(Cl)cc3CN(C3CCOC3)C4)CC2)ncc1F. The van der Waals surface area contributed by atoms with Gasteiger partial charge in [-0.2, -0.15) is 0 Å². The number of benzene rings is 1. The molecule has 8 nitrogen and oxygen atoms in total. The maximum Gasteiger partial charge on any atom is 0.225 e. The van der Waals surface area contributed by atoms with Crippen molar-refractivity contribution in [3.05, 3.63) is 58.1 Å². The summed E-state index contributed by atoms with van der Waals surface area (Å²) in [6.45, 7) is 6.34. The average molecular weight is 484 g/mol. The van der Waals surface area contributed by atoms with Crippen molar-refractivity contribution >= 4 is 17.5 Å². The first-order valence-corrected chi connectivity index (χ1v) is 12.2. The number of halogens is 2. The van der Waals surface area contributed by atoms with Gasteiger partial charge in [0.25, 0.3) is 0 Å². The van der Waals surface area contributed by atoms with E-state index in [0.29, 0.717) is 17.7 Å². The van der Waals surface area contributed by atoms with E-state index in [4.69, 9.17) is 21.4 Å². The normalized spacial score (nSPS) is 21.4. The summed E-state index contributed by atoms with van der Waals surface area (Å²) >= 11 is 6.40. The fourth-order valence-corrected chi connectivity index (χ4v) is 5.51. The lowest BCUT2D eigenvalue weighted by Crippen LogP contribution is -2.35. The predicted molar refractivity (Wildman–Crippen MR) is 126 cm³/mol. The molecule has 1 unspecified atom stereocenters. The lowest BCUT2D eigenvalue weighted by molar-refractivity contribution is 0.133. The lowest BCUT2D eigenvalue weighted by Gasteiger charge is -2.31. The third-order valence-electron chi connectivity index (χ3n) is 7.23. The molecule has 2 aromatic heterocycles. The number of nitrogens with zero attached hydrogens (tertiary/aromatic N) is 7. The van der Waals surface area contributed by atoms with E-state index in [1.54, 1.807) is 6.92 Å². The van der Waals surface area contributed by atoms with Gasteiger partial charge in [0, 0.05) is 43.2 Å². The Labute approximate surface area is 202 Å². The number of rotatable bonds is 3. The predicted octanol–water partition coefficient (Wildman–Crippen LogP) is 3.65. The molecule has 1 atom stereocenters. The molecule has 5 heterocycles. The molecule has 34 heavy (non-hydrogen) atoms. The third-order valence-corrected chi connectivity index (χ3v) is 7.46. The Morgan fingerprint density at radius 1 is 1.12 bits per heavy atom. The molecule has 0 spiro atoms. The molecule has 3 aromatic rings. The van der Waals surface area contributed by atoms with Crippen molar-refractivity contribution in [2.24, 2.45) is 0 Å². The van der Waals surface area contributed by atoms with Crippen molar-refractivity contribution in [2.75, 3.05) is 31.2 Å². The van der Waals surface area contributed by atoms with E-state index in [-0.39, 0.29) is 11.7 Å². The smallest absolute Gasteiger partial charge is 0.225 e. The monoisotopic (exact) mass is 483 g/mol. The summed E-state index contributed by atoms with van der Waals surface area (Å²) in [4.78, 5) is 13.1. The summed E-state index contributed by atoms with van der Waals surface area (Å²) in [6, 6.07) is 6.47. The van der Waals surface area contributed by atoms with E-state index in [0.717, 1.165) is 81.0 Å². The molecule has 178 valence electrons. The first-order chi connectivity index (χ1) is 16.6. The van der Waals surface area contributed by atoms with Crippen LogP contribution in [0.5, 0.6) is 0 Å². The van der Waals surface area contributed by atoms with Crippen LogP contribution in [-0.2, 0) is 17.8 Å². The largest absolute Gasteiger partial charge is 0.380 e. The van der Waals surface area contributed by atoms with Crippen molar-refractivity contribution in [1.82, 2.24) is 29.6 Å². The zero-order valence-corrected chi connectivity index (χ0v) is 19.9. The van der Waals surface area contributed by atoms with E-state index >= 15 is 0 Å². The summed E-state index contributed by atoms with van der Waals surface area (Å²) in [7, 11) is 0. The second-order valence-electron chi connectivity index (χ2n) is 9.37. The molecule has 2 saturated heterocycles. The van der Waals surface area contributed by atoms with Crippen LogP contribution in [0.15, 0.2) is 24.4 Å². The van der Waals surface area contributed by atoms with Crippen LogP contribution in [0.2, 0.25) is 5.02 Å². The lowest BCUT2D eigenvalue weighted by atomic mass is 9.95. The number of aryl methyl sites for hydroxylation is 1. The second-order valence-corrected chi connectivity index (χ2v) is 9.81. The first-order valence-electron chi connectivity index (χ1n) is 11.9. The molecule has 0 amide bonds. The van der Waals surface area contributed by atoms with Crippen LogP contribution in [0, 0.1) is 12.7 Å². The fourth-order valence-electron chi connectivity index (χ4n) is 5.31. The van der Waals surface area contributed by atoms with Gasteiger partial charge in [0.2, 0.25) is 5.95 Å². The number of fused-ring (bicyclic) bond motifs is 3. The van der Waals surface area contributed by atoms with Gasteiger partial charge in [0.1, 0.15) is 5.82 Å². The number of piperidine rings is 1. The second kappa shape index (κ2) is 8.87. The van der Waals surface area contributed by atoms with Crippen molar-refractivity contribution in [3.63, 3.8) is 0 Å². The summed E-state index contributed by atoms with van der Waals surface area (Å²) in [5.74, 6) is 2.44. The van der Waals surface area contributed by atoms with Crippen molar-refractivity contribution in [2.45, 2.75) is 51.2 Å². The van der Waals surface area contributed by atoms with Gasteiger partial charge in [0.15, 0.2) is 11.6 Å². The van der Waals surface area contributed by atoms with Crippen molar-refractivity contribution < 1.29 is 9.13 Å².